The molecule has 18 heavy (non-hydrogen) atoms. The van der Waals surface area contributed by atoms with Gasteiger partial charge in [0.15, 0.2) is 11.7 Å². The molecule has 0 N–H and O–H groups in total. The minimum atomic E-state index is -0.810. The van der Waals surface area contributed by atoms with Gasteiger partial charge in [-0.2, -0.15) is 0 Å². The molecule has 0 aromatic carbocycles. The molecule has 0 radical (unpaired) electrons. The van der Waals surface area contributed by atoms with E-state index in [0.717, 1.165) is 5.57 Å². The molecule has 102 valence electrons. The summed E-state index contributed by atoms with van der Waals surface area (Å²) in [5, 5.41) is 0. The van der Waals surface area contributed by atoms with Crippen LogP contribution in [-0.4, -0.2) is 23.6 Å². The summed E-state index contributed by atoms with van der Waals surface area (Å²) >= 11 is 0. The fraction of sp³-hybridized carbons (Fsp3) is 0.714. The Balaban J connectivity index is 3.10. The second kappa shape index (κ2) is 5.12. The van der Waals surface area contributed by atoms with E-state index in [1.165, 1.54) is 13.8 Å². The van der Waals surface area contributed by atoms with Gasteiger partial charge in [0.05, 0.1) is 0 Å². The number of ether oxygens (including phenoxy) is 2. The third-order valence-corrected chi connectivity index (χ3v) is 3.40. The fourth-order valence-corrected chi connectivity index (χ4v) is 2.82. The smallest absolute Gasteiger partial charge is 0.303 e. The van der Waals surface area contributed by atoms with Gasteiger partial charge in [0.2, 0.25) is 0 Å². The molecule has 3 atom stereocenters. The molecule has 4 heteroatoms. The van der Waals surface area contributed by atoms with Gasteiger partial charge >= 0.3 is 11.9 Å². The zero-order valence-corrected chi connectivity index (χ0v) is 11.9. The summed E-state index contributed by atoms with van der Waals surface area (Å²) in [7, 11) is 0. The predicted octanol–water partition coefficient (Wildman–Crippen LogP) is 2.47. The van der Waals surface area contributed by atoms with E-state index in [0.29, 0.717) is 5.92 Å². The molecule has 4 nitrogen and oxygen atoms in total. The first kappa shape index (κ1) is 14.7. The summed E-state index contributed by atoms with van der Waals surface area (Å²) in [6.07, 6.45) is 1.55. The lowest BCUT2D eigenvalue weighted by molar-refractivity contribution is -0.182. The van der Waals surface area contributed by atoms with Gasteiger partial charge in [-0.05, 0) is 25.3 Å². The predicted molar refractivity (Wildman–Crippen MR) is 67.8 cm³/mol. The third kappa shape index (κ3) is 2.74. The van der Waals surface area contributed by atoms with E-state index in [9.17, 15) is 9.59 Å². The Kier molecular flexibility index (Phi) is 4.20. The molecule has 1 rings (SSSR count). The number of carbonyl (C=O) groups is 2. The topological polar surface area (TPSA) is 52.6 Å². The maximum atomic E-state index is 11.3. The summed E-state index contributed by atoms with van der Waals surface area (Å²) in [5.74, 6) is -0.380. The Labute approximate surface area is 108 Å². The van der Waals surface area contributed by atoms with Gasteiger partial charge in [0, 0.05) is 19.8 Å². The van der Waals surface area contributed by atoms with Gasteiger partial charge < -0.3 is 9.47 Å². The highest BCUT2D eigenvalue weighted by Crippen LogP contribution is 2.43. The van der Waals surface area contributed by atoms with Crippen LogP contribution >= 0.6 is 0 Å². The standard InChI is InChI=1S/C14H22O4/c1-8(2)12-7-9(3)13(17-10(4)15)14(12,6)18-11(5)16/h7-8,12-13H,1-6H3. The highest BCUT2D eigenvalue weighted by atomic mass is 16.6. The van der Waals surface area contributed by atoms with E-state index >= 15 is 0 Å². The molecule has 0 saturated carbocycles. The molecule has 0 amide bonds. The van der Waals surface area contributed by atoms with Crippen LogP contribution in [-0.2, 0) is 19.1 Å². The Bertz CT molecular complexity index is 383. The van der Waals surface area contributed by atoms with Crippen LogP contribution < -0.4 is 0 Å². The van der Waals surface area contributed by atoms with E-state index in [4.69, 9.17) is 9.47 Å². The van der Waals surface area contributed by atoms with Crippen molar-refractivity contribution in [1.29, 1.82) is 0 Å². The highest BCUT2D eigenvalue weighted by molar-refractivity contribution is 5.68. The molecule has 0 aromatic heterocycles. The van der Waals surface area contributed by atoms with Crippen molar-refractivity contribution in [2.45, 2.75) is 53.2 Å². The number of esters is 2. The van der Waals surface area contributed by atoms with Crippen LogP contribution in [0, 0.1) is 11.8 Å². The van der Waals surface area contributed by atoms with E-state index in [2.05, 4.69) is 13.8 Å². The summed E-state index contributed by atoms with van der Waals surface area (Å²) in [5.41, 5.74) is 0.128. The van der Waals surface area contributed by atoms with Crippen LogP contribution in [0.2, 0.25) is 0 Å². The zero-order valence-electron chi connectivity index (χ0n) is 11.9. The monoisotopic (exact) mass is 254 g/mol. The lowest BCUT2D eigenvalue weighted by Crippen LogP contribution is -2.49. The van der Waals surface area contributed by atoms with E-state index in [1.54, 1.807) is 0 Å². The van der Waals surface area contributed by atoms with Crippen molar-refractivity contribution in [2.75, 3.05) is 0 Å². The van der Waals surface area contributed by atoms with Crippen molar-refractivity contribution in [3.63, 3.8) is 0 Å². The molecule has 0 fully saturated rings. The summed E-state index contributed by atoms with van der Waals surface area (Å²) in [6.45, 7) is 10.6. The largest absolute Gasteiger partial charge is 0.455 e. The minimum Gasteiger partial charge on any atom is -0.455 e. The van der Waals surface area contributed by atoms with Crippen LogP contribution in [0.25, 0.3) is 0 Å². The molecule has 0 saturated heterocycles. The van der Waals surface area contributed by atoms with Gasteiger partial charge in [0.1, 0.15) is 0 Å². The Hall–Kier alpha value is -1.32. The van der Waals surface area contributed by atoms with Crippen molar-refractivity contribution in [2.24, 2.45) is 11.8 Å². The van der Waals surface area contributed by atoms with Gasteiger partial charge in [-0.25, -0.2) is 0 Å². The van der Waals surface area contributed by atoms with Crippen LogP contribution in [0.1, 0.15) is 41.5 Å². The van der Waals surface area contributed by atoms with Crippen LogP contribution in [0.3, 0.4) is 0 Å². The Morgan fingerprint density at radius 2 is 1.83 bits per heavy atom. The second-order valence-electron chi connectivity index (χ2n) is 5.45. The molecular formula is C14H22O4. The molecule has 1 aliphatic rings. The maximum absolute atomic E-state index is 11.3. The number of hydrogen-bond donors (Lipinski definition) is 0. The van der Waals surface area contributed by atoms with Gasteiger partial charge in [0.25, 0.3) is 0 Å². The van der Waals surface area contributed by atoms with Crippen LogP contribution in [0.4, 0.5) is 0 Å². The lowest BCUT2D eigenvalue weighted by Gasteiger charge is -2.37. The number of rotatable bonds is 3. The van der Waals surface area contributed by atoms with Crippen molar-refractivity contribution < 1.29 is 19.1 Å². The Morgan fingerprint density at radius 1 is 1.28 bits per heavy atom. The average Bonchev–Trinajstić information content (AvgIpc) is 2.40. The molecule has 0 heterocycles. The zero-order chi connectivity index (χ0) is 14.1. The summed E-state index contributed by atoms with van der Waals surface area (Å²) < 4.78 is 10.8. The molecule has 0 spiro atoms. The molecule has 1 aliphatic carbocycles. The quantitative estimate of drug-likeness (QED) is 0.573. The van der Waals surface area contributed by atoms with Crippen LogP contribution in [0.15, 0.2) is 11.6 Å². The molecule has 0 aromatic rings. The SMILES string of the molecule is CC(=O)OC1C(C)=CC(C(C)C)C1(C)OC(C)=O. The average molecular weight is 254 g/mol. The van der Waals surface area contributed by atoms with Gasteiger partial charge in [-0.15, -0.1) is 0 Å². The summed E-state index contributed by atoms with van der Waals surface area (Å²) in [6, 6.07) is 0. The summed E-state index contributed by atoms with van der Waals surface area (Å²) in [4.78, 5) is 22.5. The fourth-order valence-electron chi connectivity index (χ4n) is 2.82. The van der Waals surface area contributed by atoms with Crippen molar-refractivity contribution in [3.8, 4) is 0 Å². The molecule has 3 unspecified atom stereocenters. The van der Waals surface area contributed by atoms with Crippen molar-refractivity contribution in [1.82, 2.24) is 0 Å². The van der Waals surface area contributed by atoms with Gasteiger partial charge in [-0.3, -0.25) is 9.59 Å². The number of hydrogen-bond acceptors (Lipinski definition) is 4. The van der Waals surface area contributed by atoms with E-state index in [1.807, 2.05) is 19.9 Å². The van der Waals surface area contributed by atoms with Crippen molar-refractivity contribution in [3.05, 3.63) is 11.6 Å². The second-order valence-corrected chi connectivity index (χ2v) is 5.45. The Morgan fingerprint density at radius 3 is 2.22 bits per heavy atom. The van der Waals surface area contributed by atoms with Crippen molar-refractivity contribution >= 4 is 11.9 Å². The molecule has 0 aliphatic heterocycles. The number of carbonyl (C=O) groups excluding carboxylic acids is 2. The first-order valence-electron chi connectivity index (χ1n) is 6.23. The normalized spacial score (nSPS) is 31.2. The minimum absolute atomic E-state index is 0.0470. The molecule has 0 bridgehead atoms. The third-order valence-electron chi connectivity index (χ3n) is 3.40. The first-order chi connectivity index (χ1) is 8.18. The first-order valence-corrected chi connectivity index (χ1v) is 6.23. The van der Waals surface area contributed by atoms with Gasteiger partial charge in [-0.1, -0.05) is 19.9 Å². The molecular weight excluding hydrogens is 232 g/mol. The van der Waals surface area contributed by atoms with E-state index in [-0.39, 0.29) is 17.9 Å². The van der Waals surface area contributed by atoms with Crippen LogP contribution in [0.5, 0.6) is 0 Å². The maximum Gasteiger partial charge on any atom is 0.303 e. The van der Waals surface area contributed by atoms with E-state index < -0.39 is 11.7 Å². The lowest BCUT2D eigenvalue weighted by atomic mass is 9.82. The highest BCUT2D eigenvalue weighted by Gasteiger charge is 2.52.